The summed E-state index contributed by atoms with van der Waals surface area (Å²) in [6, 6.07) is 14.8. The lowest BCUT2D eigenvalue weighted by Gasteiger charge is -2.12. The second kappa shape index (κ2) is 8.44. The number of rotatable bonds is 8. The van der Waals surface area contributed by atoms with E-state index in [0.717, 1.165) is 42.0 Å². The third-order valence-electron chi connectivity index (χ3n) is 4.11. The number of ether oxygens (including phenoxy) is 1. The molecule has 1 heterocycles. The lowest BCUT2D eigenvalue weighted by molar-refractivity contribution is 0.414. The van der Waals surface area contributed by atoms with E-state index in [0.29, 0.717) is 6.54 Å². The minimum absolute atomic E-state index is 0.128. The van der Waals surface area contributed by atoms with Crippen molar-refractivity contribution < 1.29 is 9.13 Å². The highest BCUT2D eigenvalue weighted by atomic mass is 19.1. The minimum atomic E-state index is -0.128. The van der Waals surface area contributed by atoms with E-state index in [1.54, 1.807) is 19.4 Å². The first-order valence-corrected chi connectivity index (χ1v) is 8.39. The molecule has 0 aliphatic rings. The second-order valence-electron chi connectivity index (χ2n) is 5.82. The number of methoxy groups -OCH3 is 1. The summed E-state index contributed by atoms with van der Waals surface area (Å²) in [7, 11) is 1.66. The molecule has 0 aliphatic heterocycles. The number of aryl methyl sites for hydroxylation is 1. The molecule has 0 saturated carbocycles. The van der Waals surface area contributed by atoms with Crippen LogP contribution in [-0.4, -0.2) is 23.4 Å². The van der Waals surface area contributed by atoms with E-state index in [9.17, 15) is 4.39 Å². The Hall–Kier alpha value is -2.66. The number of aromatic nitrogens is 2. The number of hydrogen-bond donors (Lipinski definition) is 1. The average molecular weight is 339 g/mol. The van der Waals surface area contributed by atoms with Crippen LogP contribution < -0.4 is 10.1 Å². The maximum atomic E-state index is 13.6. The van der Waals surface area contributed by atoms with Crippen LogP contribution in [0.2, 0.25) is 0 Å². The fourth-order valence-electron chi connectivity index (χ4n) is 2.79. The first-order chi connectivity index (χ1) is 12.3. The molecule has 0 bridgehead atoms. The van der Waals surface area contributed by atoms with Crippen LogP contribution in [0.1, 0.15) is 17.5 Å². The molecule has 0 atom stereocenters. The number of hydrogen-bond acceptors (Lipinski definition) is 3. The highest BCUT2D eigenvalue weighted by Crippen LogP contribution is 2.20. The molecule has 3 rings (SSSR count). The summed E-state index contributed by atoms with van der Waals surface area (Å²) in [4.78, 5) is 0. The molecule has 5 heteroatoms. The molecule has 130 valence electrons. The molecule has 25 heavy (non-hydrogen) atoms. The summed E-state index contributed by atoms with van der Waals surface area (Å²) >= 11 is 0. The summed E-state index contributed by atoms with van der Waals surface area (Å²) < 4.78 is 20.8. The Bertz CT molecular complexity index is 802. The molecular weight excluding hydrogens is 317 g/mol. The van der Waals surface area contributed by atoms with E-state index in [1.165, 1.54) is 6.07 Å². The number of benzene rings is 2. The van der Waals surface area contributed by atoms with Gasteiger partial charge in [-0.15, -0.1) is 0 Å². The summed E-state index contributed by atoms with van der Waals surface area (Å²) in [5.41, 5.74) is 2.89. The van der Waals surface area contributed by atoms with Crippen LogP contribution >= 0.6 is 0 Å². The van der Waals surface area contributed by atoms with Crippen molar-refractivity contribution in [1.29, 1.82) is 0 Å². The van der Waals surface area contributed by atoms with Gasteiger partial charge in [0.25, 0.3) is 0 Å². The molecule has 0 fully saturated rings. The van der Waals surface area contributed by atoms with Gasteiger partial charge in [0.15, 0.2) is 0 Å². The lowest BCUT2D eigenvalue weighted by atomic mass is 10.1. The number of nitrogens with one attached hydrogen (secondary N) is 1. The van der Waals surface area contributed by atoms with Crippen LogP contribution in [-0.2, 0) is 13.0 Å². The molecule has 2 aromatic carbocycles. The Morgan fingerprint density at radius 2 is 2.00 bits per heavy atom. The molecule has 0 radical (unpaired) electrons. The molecule has 3 aromatic rings. The largest absolute Gasteiger partial charge is 0.497 e. The van der Waals surface area contributed by atoms with Crippen LogP contribution in [0, 0.1) is 5.82 Å². The maximum Gasteiger partial charge on any atom is 0.126 e. The first kappa shape index (κ1) is 17.2. The van der Waals surface area contributed by atoms with Crippen LogP contribution in [0.5, 0.6) is 5.75 Å². The molecular formula is C20H22FN3O. The first-order valence-electron chi connectivity index (χ1n) is 8.39. The van der Waals surface area contributed by atoms with E-state index in [4.69, 9.17) is 4.74 Å². The molecule has 0 spiro atoms. The summed E-state index contributed by atoms with van der Waals surface area (Å²) in [5.74, 6) is 0.690. The van der Waals surface area contributed by atoms with Crippen molar-refractivity contribution in [3.63, 3.8) is 0 Å². The Morgan fingerprint density at radius 1 is 1.12 bits per heavy atom. The number of halogens is 1. The fraction of sp³-hybridized carbons (Fsp3) is 0.250. The van der Waals surface area contributed by atoms with E-state index in [1.807, 2.05) is 47.3 Å². The monoisotopic (exact) mass is 339 g/mol. The highest BCUT2D eigenvalue weighted by Gasteiger charge is 2.07. The number of nitrogens with zero attached hydrogens (tertiary/aromatic N) is 2. The van der Waals surface area contributed by atoms with Crippen molar-refractivity contribution in [2.24, 2.45) is 0 Å². The normalized spacial score (nSPS) is 10.8. The standard InChI is InChI=1S/C20H22FN3O/c1-25-18-9-10-20(24-13-5-12-23-24)17(14-18)15-22-11-4-7-16-6-2-3-8-19(16)21/h2-3,5-6,8-10,12-14,22H,4,7,11,15H2,1H3. The Kier molecular flexibility index (Phi) is 5.80. The summed E-state index contributed by atoms with van der Waals surface area (Å²) in [6.07, 6.45) is 5.28. The van der Waals surface area contributed by atoms with Crippen LogP contribution in [0.15, 0.2) is 60.9 Å². The molecule has 0 saturated heterocycles. The summed E-state index contributed by atoms with van der Waals surface area (Å²) in [5, 5.41) is 7.73. The van der Waals surface area contributed by atoms with Crippen LogP contribution in [0.25, 0.3) is 5.69 Å². The van der Waals surface area contributed by atoms with E-state index < -0.39 is 0 Å². The molecule has 1 aromatic heterocycles. The van der Waals surface area contributed by atoms with E-state index in [2.05, 4.69) is 10.4 Å². The van der Waals surface area contributed by atoms with Crippen molar-refractivity contribution >= 4 is 0 Å². The SMILES string of the molecule is COc1ccc(-n2cccn2)c(CNCCCc2ccccc2F)c1. The zero-order valence-electron chi connectivity index (χ0n) is 14.3. The Morgan fingerprint density at radius 3 is 2.76 bits per heavy atom. The van der Waals surface area contributed by atoms with Gasteiger partial charge in [-0.05, 0) is 60.8 Å². The van der Waals surface area contributed by atoms with Crippen molar-refractivity contribution in [3.05, 3.63) is 77.9 Å². The Balaban J connectivity index is 1.58. The van der Waals surface area contributed by atoms with Crippen molar-refractivity contribution in [1.82, 2.24) is 15.1 Å². The predicted molar refractivity (Wildman–Crippen MR) is 96.5 cm³/mol. The molecule has 4 nitrogen and oxygen atoms in total. The quantitative estimate of drug-likeness (QED) is 0.636. The van der Waals surface area contributed by atoms with Gasteiger partial charge in [0.1, 0.15) is 11.6 Å². The van der Waals surface area contributed by atoms with E-state index >= 15 is 0 Å². The highest BCUT2D eigenvalue weighted by molar-refractivity contribution is 5.45. The van der Waals surface area contributed by atoms with Gasteiger partial charge in [-0.3, -0.25) is 0 Å². The second-order valence-corrected chi connectivity index (χ2v) is 5.82. The molecule has 1 N–H and O–H groups in total. The smallest absolute Gasteiger partial charge is 0.126 e. The lowest BCUT2D eigenvalue weighted by Crippen LogP contribution is -2.17. The third-order valence-corrected chi connectivity index (χ3v) is 4.11. The van der Waals surface area contributed by atoms with Gasteiger partial charge < -0.3 is 10.1 Å². The van der Waals surface area contributed by atoms with Crippen molar-refractivity contribution in [2.45, 2.75) is 19.4 Å². The van der Waals surface area contributed by atoms with Gasteiger partial charge >= 0.3 is 0 Å². The predicted octanol–water partition coefficient (Wildman–Crippen LogP) is 3.74. The van der Waals surface area contributed by atoms with Crippen molar-refractivity contribution in [2.75, 3.05) is 13.7 Å². The average Bonchev–Trinajstić information content (AvgIpc) is 3.17. The van der Waals surface area contributed by atoms with Crippen LogP contribution in [0.3, 0.4) is 0 Å². The maximum absolute atomic E-state index is 13.6. The van der Waals surface area contributed by atoms with Gasteiger partial charge in [0, 0.05) is 18.9 Å². The fourth-order valence-corrected chi connectivity index (χ4v) is 2.79. The zero-order valence-corrected chi connectivity index (χ0v) is 14.3. The molecule has 0 amide bonds. The van der Waals surface area contributed by atoms with Gasteiger partial charge in [-0.2, -0.15) is 5.10 Å². The van der Waals surface area contributed by atoms with Crippen molar-refractivity contribution in [3.8, 4) is 11.4 Å². The molecule has 0 aliphatic carbocycles. The zero-order chi connectivity index (χ0) is 17.5. The Labute approximate surface area is 147 Å². The van der Waals surface area contributed by atoms with Gasteiger partial charge in [-0.25, -0.2) is 9.07 Å². The van der Waals surface area contributed by atoms with E-state index in [-0.39, 0.29) is 5.82 Å². The topological polar surface area (TPSA) is 39.1 Å². The molecule has 0 unspecified atom stereocenters. The minimum Gasteiger partial charge on any atom is -0.497 e. The van der Waals surface area contributed by atoms with Crippen LogP contribution in [0.4, 0.5) is 4.39 Å². The van der Waals surface area contributed by atoms with Gasteiger partial charge in [0.05, 0.1) is 12.8 Å². The van der Waals surface area contributed by atoms with Gasteiger partial charge in [-0.1, -0.05) is 18.2 Å². The van der Waals surface area contributed by atoms with Gasteiger partial charge in [0.2, 0.25) is 0 Å². The third kappa shape index (κ3) is 4.45. The summed E-state index contributed by atoms with van der Waals surface area (Å²) in [6.45, 7) is 1.51.